The molecule has 98 valence electrons. The number of carbonyl (C=O) groups is 1. The number of aromatic nitrogens is 1. The fraction of sp³-hybridized carbons (Fsp3) is 0.200. The summed E-state index contributed by atoms with van der Waals surface area (Å²) in [6.07, 6.45) is 3.53. The van der Waals surface area contributed by atoms with Crippen molar-refractivity contribution < 1.29 is 4.79 Å². The number of aryl methyl sites for hydroxylation is 1. The molecular formula is C15H17N3O. The zero-order valence-electron chi connectivity index (χ0n) is 11.1. The van der Waals surface area contributed by atoms with Gasteiger partial charge in [0, 0.05) is 37.2 Å². The number of carbonyl (C=O) groups excluding carboxylic acids is 1. The first-order valence-electron chi connectivity index (χ1n) is 6.16. The predicted octanol–water partition coefficient (Wildman–Crippen LogP) is 2.36. The van der Waals surface area contributed by atoms with Crippen molar-refractivity contribution in [2.45, 2.75) is 13.5 Å². The van der Waals surface area contributed by atoms with Crippen LogP contribution in [0.3, 0.4) is 0 Å². The summed E-state index contributed by atoms with van der Waals surface area (Å²) in [6, 6.07) is 9.29. The van der Waals surface area contributed by atoms with E-state index in [1.807, 2.05) is 32.2 Å². The second-order valence-corrected chi connectivity index (χ2v) is 4.31. The molecule has 0 unspecified atom stereocenters. The molecule has 0 radical (unpaired) electrons. The lowest BCUT2D eigenvalue weighted by atomic mass is 10.1. The van der Waals surface area contributed by atoms with Crippen molar-refractivity contribution in [2.24, 2.45) is 0 Å². The van der Waals surface area contributed by atoms with E-state index in [4.69, 9.17) is 0 Å². The van der Waals surface area contributed by atoms with Crippen LogP contribution in [0.4, 0.5) is 5.69 Å². The highest BCUT2D eigenvalue weighted by atomic mass is 16.1. The third kappa shape index (κ3) is 3.31. The summed E-state index contributed by atoms with van der Waals surface area (Å²) in [4.78, 5) is 16.0. The molecule has 1 amide bonds. The van der Waals surface area contributed by atoms with E-state index >= 15 is 0 Å². The maximum Gasteiger partial charge on any atom is 0.251 e. The van der Waals surface area contributed by atoms with Crippen LogP contribution < -0.4 is 10.6 Å². The summed E-state index contributed by atoms with van der Waals surface area (Å²) < 4.78 is 0. The number of nitrogens with zero attached hydrogens (tertiary/aromatic N) is 1. The average Bonchev–Trinajstić information content (AvgIpc) is 2.46. The Hall–Kier alpha value is -2.36. The van der Waals surface area contributed by atoms with Crippen molar-refractivity contribution in [1.82, 2.24) is 10.3 Å². The van der Waals surface area contributed by atoms with Crippen LogP contribution in [-0.2, 0) is 6.54 Å². The lowest BCUT2D eigenvalue weighted by Crippen LogP contribution is -2.23. The highest BCUT2D eigenvalue weighted by Crippen LogP contribution is 2.09. The van der Waals surface area contributed by atoms with Gasteiger partial charge in [-0.2, -0.15) is 0 Å². The first kappa shape index (κ1) is 13.1. The van der Waals surface area contributed by atoms with Gasteiger partial charge in [-0.3, -0.25) is 9.78 Å². The Morgan fingerprint density at radius 2 is 1.95 bits per heavy atom. The van der Waals surface area contributed by atoms with Crippen LogP contribution in [-0.4, -0.2) is 17.9 Å². The van der Waals surface area contributed by atoms with Gasteiger partial charge in [-0.15, -0.1) is 0 Å². The summed E-state index contributed by atoms with van der Waals surface area (Å²) in [5.41, 5.74) is 3.80. The molecule has 1 aromatic heterocycles. The maximum absolute atomic E-state index is 12.0. The van der Waals surface area contributed by atoms with Gasteiger partial charge in [-0.25, -0.2) is 0 Å². The normalized spacial score (nSPS) is 10.0. The predicted molar refractivity (Wildman–Crippen MR) is 76.1 cm³/mol. The highest BCUT2D eigenvalue weighted by Gasteiger charge is 2.05. The summed E-state index contributed by atoms with van der Waals surface area (Å²) in [7, 11) is 1.85. The van der Waals surface area contributed by atoms with E-state index in [-0.39, 0.29) is 5.91 Å². The number of nitrogens with one attached hydrogen (secondary N) is 2. The molecule has 4 nitrogen and oxygen atoms in total. The lowest BCUT2D eigenvalue weighted by molar-refractivity contribution is 0.0951. The molecule has 2 rings (SSSR count). The fourth-order valence-electron chi connectivity index (χ4n) is 1.77. The van der Waals surface area contributed by atoms with Gasteiger partial charge in [0.15, 0.2) is 0 Å². The van der Waals surface area contributed by atoms with E-state index in [9.17, 15) is 4.79 Å². The number of hydrogen-bond acceptors (Lipinski definition) is 3. The summed E-state index contributed by atoms with van der Waals surface area (Å²) >= 11 is 0. The lowest BCUT2D eigenvalue weighted by Gasteiger charge is -2.08. The van der Waals surface area contributed by atoms with Gasteiger partial charge in [0.05, 0.1) is 0 Å². The van der Waals surface area contributed by atoms with Crippen molar-refractivity contribution >= 4 is 11.6 Å². The SMILES string of the molecule is CNc1ccc(C(=O)NCc2ccncc2C)cc1. The van der Waals surface area contributed by atoms with Crippen LogP contribution >= 0.6 is 0 Å². The molecule has 19 heavy (non-hydrogen) atoms. The minimum absolute atomic E-state index is 0.0705. The van der Waals surface area contributed by atoms with Crippen LogP contribution in [0.15, 0.2) is 42.7 Å². The Bertz CT molecular complexity index is 564. The molecule has 0 saturated carbocycles. The zero-order chi connectivity index (χ0) is 13.7. The largest absolute Gasteiger partial charge is 0.388 e. The number of benzene rings is 1. The first-order chi connectivity index (χ1) is 9.20. The Kier molecular flexibility index (Phi) is 4.13. The Morgan fingerprint density at radius 1 is 1.21 bits per heavy atom. The van der Waals surface area contributed by atoms with Crippen LogP contribution in [0.25, 0.3) is 0 Å². The van der Waals surface area contributed by atoms with E-state index in [0.717, 1.165) is 16.8 Å². The van der Waals surface area contributed by atoms with Gasteiger partial charge in [0.2, 0.25) is 0 Å². The minimum Gasteiger partial charge on any atom is -0.388 e. The van der Waals surface area contributed by atoms with Gasteiger partial charge in [-0.1, -0.05) is 0 Å². The zero-order valence-corrected chi connectivity index (χ0v) is 11.1. The molecular weight excluding hydrogens is 238 g/mol. The minimum atomic E-state index is -0.0705. The number of hydrogen-bond donors (Lipinski definition) is 2. The van der Waals surface area contributed by atoms with Crippen molar-refractivity contribution in [3.63, 3.8) is 0 Å². The maximum atomic E-state index is 12.0. The molecule has 0 fully saturated rings. The second kappa shape index (κ2) is 6.00. The van der Waals surface area contributed by atoms with Gasteiger partial charge in [0.25, 0.3) is 5.91 Å². The second-order valence-electron chi connectivity index (χ2n) is 4.31. The molecule has 0 aliphatic heterocycles. The molecule has 1 heterocycles. The number of amides is 1. The van der Waals surface area contributed by atoms with Gasteiger partial charge < -0.3 is 10.6 Å². The smallest absolute Gasteiger partial charge is 0.251 e. The molecule has 0 saturated heterocycles. The van der Waals surface area contributed by atoms with E-state index in [0.29, 0.717) is 12.1 Å². The van der Waals surface area contributed by atoms with Gasteiger partial charge in [-0.05, 0) is 48.4 Å². The van der Waals surface area contributed by atoms with Gasteiger partial charge in [0.1, 0.15) is 0 Å². The molecule has 0 aliphatic carbocycles. The third-order valence-corrected chi connectivity index (χ3v) is 3.01. The molecule has 0 bridgehead atoms. The van der Waals surface area contributed by atoms with Crippen molar-refractivity contribution in [1.29, 1.82) is 0 Å². The number of rotatable bonds is 4. The summed E-state index contributed by atoms with van der Waals surface area (Å²) in [5.74, 6) is -0.0705. The Balaban J connectivity index is 1.99. The molecule has 1 aromatic carbocycles. The molecule has 0 spiro atoms. The van der Waals surface area contributed by atoms with Crippen molar-refractivity contribution in [3.05, 3.63) is 59.4 Å². The van der Waals surface area contributed by atoms with Crippen molar-refractivity contribution in [3.8, 4) is 0 Å². The fourth-order valence-corrected chi connectivity index (χ4v) is 1.77. The molecule has 2 N–H and O–H groups in total. The van der Waals surface area contributed by atoms with E-state index < -0.39 is 0 Å². The Morgan fingerprint density at radius 3 is 2.58 bits per heavy atom. The van der Waals surface area contributed by atoms with Crippen LogP contribution in [0, 0.1) is 6.92 Å². The number of anilines is 1. The molecule has 2 aromatic rings. The van der Waals surface area contributed by atoms with Crippen LogP contribution in [0.2, 0.25) is 0 Å². The van der Waals surface area contributed by atoms with Crippen LogP contribution in [0.5, 0.6) is 0 Å². The monoisotopic (exact) mass is 255 g/mol. The summed E-state index contributed by atoms with van der Waals surface area (Å²) in [6.45, 7) is 2.50. The van der Waals surface area contributed by atoms with E-state index in [2.05, 4.69) is 15.6 Å². The number of pyridine rings is 1. The standard InChI is InChI=1S/C15H17N3O/c1-11-9-17-8-7-13(11)10-18-15(19)12-3-5-14(16-2)6-4-12/h3-9,16H,10H2,1-2H3,(H,18,19). The van der Waals surface area contributed by atoms with Crippen LogP contribution in [0.1, 0.15) is 21.5 Å². The third-order valence-electron chi connectivity index (χ3n) is 3.01. The van der Waals surface area contributed by atoms with Gasteiger partial charge >= 0.3 is 0 Å². The molecule has 4 heteroatoms. The highest BCUT2D eigenvalue weighted by molar-refractivity contribution is 5.94. The molecule has 0 aliphatic rings. The van der Waals surface area contributed by atoms with E-state index in [1.165, 1.54) is 0 Å². The topological polar surface area (TPSA) is 54.0 Å². The Labute approximate surface area is 112 Å². The quantitative estimate of drug-likeness (QED) is 0.881. The first-order valence-corrected chi connectivity index (χ1v) is 6.16. The summed E-state index contributed by atoms with van der Waals surface area (Å²) in [5, 5.41) is 5.93. The van der Waals surface area contributed by atoms with Crippen molar-refractivity contribution in [2.75, 3.05) is 12.4 Å². The average molecular weight is 255 g/mol. The van der Waals surface area contributed by atoms with E-state index in [1.54, 1.807) is 24.5 Å². The molecule has 0 atom stereocenters.